The molecule has 2 rings (SSSR count). The monoisotopic (exact) mass is 360 g/mol. The number of aryl methyl sites for hydroxylation is 2. The Kier molecular flexibility index (Phi) is 5.49. The van der Waals surface area contributed by atoms with Crippen molar-refractivity contribution in [2.45, 2.75) is 60.5 Å². The van der Waals surface area contributed by atoms with Gasteiger partial charge in [0.1, 0.15) is 5.56 Å². The summed E-state index contributed by atoms with van der Waals surface area (Å²) >= 11 is 0. The average molecular weight is 360 g/mol. The predicted molar refractivity (Wildman–Crippen MR) is 94.8 cm³/mol. The number of Topliss-reactive ketones (excluding diaryl/α,β-unsaturated/α-hetero) is 2. The van der Waals surface area contributed by atoms with E-state index in [0.29, 0.717) is 28.3 Å². The number of nitrogens with one attached hydrogen (secondary N) is 1. The second-order valence-electron chi connectivity index (χ2n) is 6.75. The smallest absolute Gasteiger partial charge is 0.344 e. The lowest BCUT2D eigenvalue weighted by molar-refractivity contribution is 0.0313. The van der Waals surface area contributed by atoms with E-state index in [2.05, 4.69) is 10.1 Å². The molecule has 1 atom stereocenters. The Balaban J connectivity index is 2.26. The van der Waals surface area contributed by atoms with E-state index in [0.717, 1.165) is 0 Å². The van der Waals surface area contributed by atoms with Crippen LogP contribution in [0.5, 0.6) is 0 Å². The Morgan fingerprint density at radius 2 is 1.69 bits per heavy atom. The number of nitrogens with zero attached hydrogens (tertiary/aromatic N) is 1. The largest absolute Gasteiger partial charge is 0.450 e. The molecule has 0 aliphatic carbocycles. The Bertz CT molecular complexity index is 873. The molecule has 7 heteroatoms. The lowest BCUT2D eigenvalue weighted by atomic mass is 10.0. The molecule has 0 aliphatic rings. The summed E-state index contributed by atoms with van der Waals surface area (Å²) in [6.45, 7) is 11.8. The maximum atomic E-state index is 12.7. The zero-order valence-electron chi connectivity index (χ0n) is 16.1. The van der Waals surface area contributed by atoms with Crippen LogP contribution in [0, 0.1) is 20.8 Å². The number of H-pyrrole nitrogens is 1. The Morgan fingerprint density at radius 1 is 1.08 bits per heavy atom. The minimum absolute atomic E-state index is 0.0452. The first-order chi connectivity index (χ1) is 12.1. The fourth-order valence-electron chi connectivity index (χ4n) is 3.03. The summed E-state index contributed by atoms with van der Waals surface area (Å²) < 4.78 is 10.5. The summed E-state index contributed by atoms with van der Waals surface area (Å²) in [7, 11) is 0. The molecule has 2 aromatic heterocycles. The van der Waals surface area contributed by atoms with Gasteiger partial charge in [-0.15, -0.1) is 0 Å². The molecule has 1 N–H and O–H groups in total. The Morgan fingerprint density at radius 3 is 2.19 bits per heavy atom. The molecule has 26 heavy (non-hydrogen) atoms. The summed E-state index contributed by atoms with van der Waals surface area (Å²) in [5.74, 6) is -0.789. The second kappa shape index (κ2) is 7.27. The molecule has 140 valence electrons. The quantitative estimate of drug-likeness (QED) is 0.623. The van der Waals surface area contributed by atoms with Crippen LogP contribution in [0.1, 0.15) is 87.5 Å². The Labute approximate surface area is 152 Å². The van der Waals surface area contributed by atoms with Gasteiger partial charge in [-0.1, -0.05) is 19.0 Å². The standard InChI is InChI=1S/C19H24N2O5/c1-8(2)18-15(11(5)21-26-18)19(24)25-13(7)17(23)16-9(3)14(12(6)22)10(4)20-16/h8,13,20H,1-7H3/t13-/m1/s1. The molecule has 0 fully saturated rings. The molecule has 0 saturated heterocycles. The third kappa shape index (κ3) is 3.47. The Hall–Kier alpha value is -2.70. The van der Waals surface area contributed by atoms with Crippen LogP contribution in [0.4, 0.5) is 0 Å². The molecular formula is C19H24N2O5. The number of esters is 1. The third-order valence-corrected chi connectivity index (χ3v) is 4.31. The number of aromatic amines is 1. The number of carbonyl (C=O) groups excluding carboxylic acids is 3. The second-order valence-corrected chi connectivity index (χ2v) is 6.75. The molecule has 2 aromatic rings. The van der Waals surface area contributed by atoms with E-state index in [1.807, 2.05) is 13.8 Å². The number of aromatic nitrogens is 2. The van der Waals surface area contributed by atoms with Crippen molar-refractivity contribution < 1.29 is 23.6 Å². The van der Waals surface area contributed by atoms with Crippen molar-refractivity contribution >= 4 is 17.5 Å². The van der Waals surface area contributed by atoms with Gasteiger partial charge in [0.15, 0.2) is 17.6 Å². The average Bonchev–Trinajstić information content (AvgIpc) is 3.06. The lowest BCUT2D eigenvalue weighted by Crippen LogP contribution is -2.26. The molecule has 7 nitrogen and oxygen atoms in total. The SMILES string of the molecule is CC(=O)c1c(C)[nH]c(C(=O)[C@@H](C)OC(=O)c2c(C)noc2C(C)C)c1C. The van der Waals surface area contributed by atoms with Crippen LogP contribution in [0.15, 0.2) is 4.52 Å². The van der Waals surface area contributed by atoms with Crippen LogP contribution in [0.25, 0.3) is 0 Å². The zero-order valence-corrected chi connectivity index (χ0v) is 16.1. The fraction of sp³-hybridized carbons (Fsp3) is 0.474. The molecule has 0 aliphatic heterocycles. The molecule has 0 bridgehead atoms. The van der Waals surface area contributed by atoms with Gasteiger partial charge in [-0.25, -0.2) is 4.79 Å². The van der Waals surface area contributed by atoms with Crippen molar-refractivity contribution in [1.29, 1.82) is 0 Å². The molecule has 0 radical (unpaired) electrons. The van der Waals surface area contributed by atoms with Crippen molar-refractivity contribution in [3.8, 4) is 0 Å². The minimum Gasteiger partial charge on any atom is -0.450 e. The number of ether oxygens (including phenoxy) is 1. The van der Waals surface area contributed by atoms with Gasteiger partial charge in [0.25, 0.3) is 0 Å². The predicted octanol–water partition coefficient (Wildman–Crippen LogP) is 3.68. The maximum absolute atomic E-state index is 12.7. The molecule has 0 aromatic carbocycles. The van der Waals surface area contributed by atoms with Crippen molar-refractivity contribution in [2.75, 3.05) is 0 Å². The summed E-state index contributed by atoms with van der Waals surface area (Å²) in [6.07, 6.45) is -1.02. The molecule has 0 amide bonds. The minimum atomic E-state index is -1.02. The van der Waals surface area contributed by atoms with Crippen LogP contribution < -0.4 is 0 Å². The summed E-state index contributed by atoms with van der Waals surface area (Å²) in [6, 6.07) is 0. The van der Waals surface area contributed by atoms with Crippen LogP contribution in [0.2, 0.25) is 0 Å². The third-order valence-electron chi connectivity index (χ3n) is 4.31. The summed E-state index contributed by atoms with van der Waals surface area (Å²) in [4.78, 5) is 39.9. The van der Waals surface area contributed by atoms with Crippen LogP contribution >= 0.6 is 0 Å². The van der Waals surface area contributed by atoms with E-state index in [1.165, 1.54) is 13.8 Å². The normalized spacial score (nSPS) is 12.3. The number of carbonyl (C=O) groups is 3. The first-order valence-corrected chi connectivity index (χ1v) is 8.47. The van der Waals surface area contributed by atoms with Crippen molar-refractivity contribution in [2.24, 2.45) is 0 Å². The van der Waals surface area contributed by atoms with Crippen LogP contribution in [-0.4, -0.2) is 33.8 Å². The number of rotatable bonds is 6. The molecule has 0 unspecified atom stereocenters. The highest BCUT2D eigenvalue weighted by Crippen LogP contribution is 2.24. The number of hydrogen-bond donors (Lipinski definition) is 1. The van der Waals surface area contributed by atoms with Gasteiger partial charge in [0.05, 0.1) is 11.4 Å². The van der Waals surface area contributed by atoms with E-state index >= 15 is 0 Å². The summed E-state index contributed by atoms with van der Waals surface area (Å²) in [5, 5.41) is 3.81. The van der Waals surface area contributed by atoms with Crippen LogP contribution in [-0.2, 0) is 4.74 Å². The molecule has 0 spiro atoms. The van der Waals surface area contributed by atoms with Gasteiger partial charge in [0.2, 0.25) is 5.78 Å². The van der Waals surface area contributed by atoms with E-state index < -0.39 is 17.9 Å². The van der Waals surface area contributed by atoms with Crippen molar-refractivity contribution in [3.63, 3.8) is 0 Å². The highest BCUT2D eigenvalue weighted by Gasteiger charge is 2.29. The highest BCUT2D eigenvalue weighted by molar-refractivity contribution is 6.05. The topological polar surface area (TPSA) is 102 Å². The van der Waals surface area contributed by atoms with Gasteiger partial charge in [-0.05, 0) is 40.2 Å². The molecule has 0 saturated carbocycles. The van der Waals surface area contributed by atoms with Gasteiger partial charge in [-0.2, -0.15) is 0 Å². The van der Waals surface area contributed by atoms with E-state index in [4.69, 9.17) is 9.26 Å². The first-order valence-electron chi connectivity index (χ1n) is 8.47. The number of ketones is 2. The maximum Gasteiger partial charge on any atom is 0.344 e. The van der Waals surface area contributed by atoms with E-state index in [1.54, 1.807) is 20.8 Å². The van der Waals surface area contributed by atoms with Crippen molar-refractivity contribution in [1.82, 2.24) is 10.1 Å². The molecule has 2 heterocycles. The van der Waals surface area contributed by atoms with Gasteiger partial charge in [0, 0.05) is 17.2 Å². The highest BCUT2D eigenvalue weighted by atomic mass is 16.5. The van der Waals surface area contributed by atoms with Gasteiger partial charge >= 0.3 is 5.97 Å². The lowest BCUT2D eigenvalue weighted by Gasteiger charge is -2.13. The van der Waals surface area contributed by atoms with Gasteiger partial charge in [-0.3, -0.25) is 9.59 Å². The first kappa shape index (κ1) is 19.6. The zero-order chi connectivity index (χ0) is 19.8. The fourth-order valence-corrected chi connectivity index (χ4v) is 3.03. The van der Waals surface area contributed by atoms with Gasteiger partial charge < -0.3 is 14.2 Å². The van der Waals surface area contributed by atoms with Crippen molar-refractivity contribution in [3.05, 3.63) is 39.5 Å². The van der Waals surface area contributed by atoms with Crippen LogP contribution in [0.3, 0.4) is 0 Å². The van der Waals surface area contributed by atoms with E-state index in [-0.39, 0.29) is 23.0 Å². The number of hydrogen-bond acceptors (Lipinski definition) is 6. The summed E-state index contributed by atoms with van der Waals surface area (Å²) in [5.41, 5.74) is 2.62. The molecular weight excluding hydrogens is 336 g/mol. The van der Waals surface area contributed by atoms with E-state index in [9.17, 15) is 14.4 Å².